The van der Waals surface area contributed by atoms with Crippen LogP contribution < -0.4 is 16.4 Å². The zero-order valence-corrected chi connectivity index (χ0v) is 11.8. The molecule has 1 aliphatic heterocycles. The number of rotatable bonds is 4. The Morgan fingerprint density at radius 1 is 1.26 bits per heavy atom. The SMILES string of the molecule is CC(C)(CN)CN1C(=O)CCc2cc(CN)ccc21. The molecule has 0 radical (unpaired) electrons. The lowest BCUT2D eigenvalue weighted by Crippen LogP contribution is -2.44. The van der Waals surface area contributed by atoms with E-state index in [9.17, 15) is 4.79 Å². The summed E-state index contributed by atoms with van der Waals surface area (Å²) < 4.78 is 0. The third-order valence-electron chi connectivity index (χ3n) is 3.72. The molecular formula is C15H23N3O. The monoisotopic (exact) mass is 261 g/mol. The highest BCUT2D eigenvalue weighted by molar-refractivity contribution is 5.96. The van der Waals surface area contributed by atoms with Gasteiger partial charge in [0.05, 0.1) is 0 Å². The molecule has 104 valence electrons. The summed E-state index contributed by atoms with van der Waals surface area (Å²) in [6.07, 6.45) is 1.38. The van der Waals surface area contributed by atoms with Crippen LogP contribution in [0.3, 0.4) is 0 Å². The van der Waals surface area contributed by atoms with E-state index in [1.165, 1.54) is 5.56 Å². The van der Waals surface area contributed by atoms with Crippen molar-refractivity contribution in [2.24, 2.45) is 16.9 Å². The van der Waals surface area contributed by atoms with Crippen molar-refractivity contribution in [1.82, 2.24) is 0 Å². The van der Waals surface area contributed by atoms with Crippen LogP contribution in [0.5, 0.6) is 0 Å². The van der Waals surface area contributed by atoms with Gasteiger partial charge in [-0.1, -0.05) is 26.0 Å². The second-order valence-electron chi connectivity index (χ2n) is 6.02. The third kappa shape index (κ3) is 2.96. The Balaban J connectivity index is 2.33. The highest BCUT2D eigenvalue weighted by atomic mass is 16.2. The summed E-state index contributed by atoms with van der Waals surface area (Å²) in [6.45, 7) is 5.94. The number of anilines is 1. The van der Waals surface area contributed by atoms with E-state index >= 15 is 0 Å². The summed E-state index contributed by atoms with van der Waals surface area (Å²) in [7, 11) is 0. The van der Waals surface area contributed by atoms with Crippen LogP contribution >= 0.6 is 0 Å². The standard InChI is InChI=1S/C15H23N3O/c1-15(2,9-17)10-18-13-5-3-11(8-16)7-12(13)4-6-14(18)19/h3,5,7H,4,6,8-10,16-17H2,1-2H3. The quantitative estimate of drug-likeness (QED) is 0.860. The Hall–Kier alpha value is -1.39. The molecule has 0 fully saturated rings. The maximum absolute atomic E-state index is 12.2. The zero-order chi connectivity index (χ0) is 14.0. The highest BCUT2D eigenvalue weighted by Gasteiger charge is 2.29. The number of amides is 1. The molecule has 1 aromatic rings. The second-order valence-corrected chi connectivity index (χ2v) is 6.02. The molecule has 1 heterocycles. The molecule has 4 heteroatoms. The van der Waals surface area contributed by atoms with Gasteiger partial charge in [0.25, 0.3) is 0 Å². The van der Waals surface area contributed by atoms with Gasteiger partial charge in [-0.15, -0.1) is 0 Å². The van der Waals surface area contributed by atoms with Crippen LogP contribution in [-0.2, 0) is 17.8 Å². The van der Waals surface area contributed by atoms with E-state index in [-0.39, 0.29) is 11.3 Å². The maximum Gasteiger partial charge on any atom is 0.227 e. The van der Waals surface area contributed by atoms with Gasteiger partial charge in [0.1, 0.15) is 0 Å². The first-order chi connectivity index (χ1) is 8.96. The van der Waals surface area contributed by atoms with Crippen LogP contribution in [0.4, 0.5) is 5.69 Å². The number of aryl methyl sites for hydroxylation is 1. The Labute approximate surface area is 114 Å². The largest absolute Gasteiger partial charge is 0.330 e. The van der Waals surface area contributed by atoms with Gasteiger partial charge >= 0.3 is 0 Å². The molecule has 0 unspecified atom stereocenters. The van der Waals surface area contributed by atoms with Crippen molar-refractivity contribution in [2.75, 3.05) is 18.0 Å². The molecule has 0 bridgehead atoms. The minimum atomic E-state index is -0.0726. The van der Waals surface area contributed by atoms with Crippen LogP contribution in [-0.4, -0.2) is 19.0 Å². The van der Waals surface area contributed by atoms with E-state index in [0.29, 0.717) is 26.1 Å². The maximum atomic E-state index is 12.2. The number of hydrogen-bond donors (Lipinski definition) is 2. The number of fused-ring (bicyclic) bond motifs is 1. The van der Waals surface area contributed by atoms with Gasteiger partial charge in [-0.25, -0.2) is 0 Å². The van der Waals surface area contributed by atoms with E-state index in [1.54, 1.807) is 0 Å². The minimum absolute atomic E-state index is 0.0726. The molecule has 4 N–H and O–H groups in total. The minimum Gasteiger partial charge on any atom is -0.330 e. The molecule has 1 amide bonds. The number of carbonyl (C=O) groups is 1. The first-order valence-electron chi connectivity index (χ1n) is 6.79. The molecule has 19 heavy (non-hydrogen) atoms. The topological polar surface area (TPSA) is 72.3 Å². The lowest BCUT2D eigenvalue weighted by molar-refractivity contribution is -0.119. The molecule has 0 atom stereocenters. The van der Waals surface area contributed by atoms with E-state index in [2.05, 4.69) is 19.9 Å². The van der Waals surface area contributed by atoms with Crippen molar-refractivity contribution >= 4 is 11.6 Å². The molecule has 0 spiro atoms. The fourth-order valence-electron chi connectivity index (χ4n) is 2.41. The van der Waals surface area contributed by atoms with Gasteiger partial charge in [-0.2, -0.15) is 0 Å². The van der Waals surface area contributed by atoms with Crippen molar-refractivity contribution in [3.63, 3.8) is 0 Å². The molecule has 1 aromatic carbocycles. The molecule has 0 aliphatic carbocycles. The van der Waals surface area contributed by atoms with Crippen LogP contribution in [0.1, 0.15) is 31.4 Å². The van der Waals surface area contributed by atoms with Crippen molar-refractivity contribution in [3.05, 3.63) is 29.3 Å². The summed E-state index contributed by atoms with van der Waals surface area (Å²) in [5.74, 6) is 0.189. The fourth-order valence-corrected chi connectivity index (χ4v) is 2.41. The number of carbonyl (C=O) groups excluding carboxylic acids is 1. The first kappa shape index (κ1) is 14.0. The van der Waals surface area contributed by atoms with E-state index in [4.69, 9.17) is 11.5 Å². The molecule has 2 rings (SSSR count). The van der Waals surface area contributed by atoms with Crippen LogP contribution in [0, 0.1) is 5.41 Å². The molecule has 0 saturated carbocycles. The Kier molecular flexibility index (Phi) is 3.92. The summed E-state index contributed by atoms with van der Waals surface area (Å²) >= 11 is 0. The summed E-state index contributed by atoms with van der Waals surface area (Å²) in [5.41, 5.74) is 14.7. The molecule has 4 nitrogen and oxygen atoms in total. The first-order valence-corrected chi connectivity index (χ1v) is 6.79. The van der Waals surface area contributed by atoms with Gasteiger partial charge in [-0.05, 0) is 35.6 Å². The van der Waals surface area contributed by atoms with Crippen molar-refractivity contribution < 1.29 is 4.79 Å². The molecular weight excluding hydrogens is 238 g/mol. The van der Waals surface area contributed by atoms with Crippen molar-refractivity contribution in [2.45, 2.75) is 33.2 Å². The van der Waals surface area contributed by atoms with Gasteiger partial charge in [0.2, 0.25) is 5.91 Å². The van der Waals surface area contributed by atoms with Crippen molar-refractivity contribution in [3.8, 4) is 0 Å². The molecule has 0 saturated heterocycles. The summed E-state index contributed by atoms with van der Waals surface area (Å²) in [6, 6.07) is 6.13. The predicted octanol–water partition coefficient (Wildman–Crippen LogP) is 1.41. The third-order valence-corrected chi connectivity index (χ3v) is 3.72. The van der Waals surface area contributed by atoms with E-state index in [1.807, 2.05) is 17.0 Å². The number of nitrogens with two attached hydrogens (primary N) is 2. The number of benzene rings is 1. The lowest BCUT2D eigenvalue weighted by Gasteiger charge is -2.35. The van der Waals surface area contributed by atoms with Crippen LogP contribution in [0.2, 0.25) is 0 Å². The average Bonchev–Trinajstić information content (AvgIpc) is 2.41. The summed E-state index contributed by atoms with van der Waals surface area (Å²) in [4.78, 5) is 14.0. The Bertz CT molecular complexity index is 482. The van der Waals surface area contributed by atoms with E-state index < -0.39 is 0 Å². The van der Waals surface area contributed by atoms with Gasteiger partial charge in [0, 0.05) is 25.2 Å². The molecule has 1 aliphatic rings. The van der Waals surface area contributed by atoms with Crippen molar-refractivity contribution in [1.29, 1.82) is 0 Å². The van der Waals surface area contributed by atoms with Gasteiger partial charge < -0.3 is 16.4 Å². The smallest absolute Gasteiger partial charge is 0.227 e. The van der Waals surface area contributed by atoms with Crippen LogP contribution in [0.25, 0.3) is 0 Å². The normalized spacial score (nSPS) is 15.6. The van der Waals surface area contributed by atoms with Crippen LogP contribution in [0.15, 0.2) is 18.2 Å². The number of hydrogen-bond acceptors (Lipinski definition) is 3. The Morgan fingerprint density at radius 3 is 2.63 bits per heavy atom. The predicted molar refractivity (Wildman–Crippen MR) is 77.8 cm³/mol. The highest BCUT2D eigenvalue weighted by Crippen LogP contribution is 2.31. The second kappa shape index (κ2) is 5.31. The van der Waals surface area contributed by atoms with E-state index in [0.717, 1.165) is 17.7 Å². The number of nitrogens with zero attached hydrogens (tertiary/aromatic N) is 1. The van der Waals surface area contributed by atoms with Gasteiger partial charge in [-0.3, -0.25) is 4.79 Å². The lowest BCUT2D eigenvalue weighted by atomic mass is 9.90. The van der Waals surface area contributed by atoms with Gasteiger partial charge in [0.15, 0.2) is 0 Å². The summed E-state index contributed by atoms with van der Waals surface area (Å²) in [5, 5.41) is 0. The Morgan fingerprint density at radius 2 is 2.00 bits per heavy atom. The fraction of sp³-hybridized carbons (Fsp3) is 0.533. The average molecular weight is 261 g/mol. The zero-order valence-electron chi connectivity index (χ0n) is 11.8. The molecule has 0 aromatic heterocycles.